The van der Waals surface area contributed by atoms with Crippen molar-refractivity contribution in [1.82, 2.24) is 9.55 Å². The van der Waals surface area contributed by atoms with Gasteiger partial charge in [0.05, 0.1) is 11.0 Å². The maximum atomic E-state index is 6.06. The van der Waals surface area contributed by atoms with Gasteiger partial charge in [0.2, 0.25) is 0 Å². The highest BCUT2D eigenvalue weighted by atomic mass is 15.1. The second-order valence-corrected chi connectivity index (χ2v) is 6.04. The molecule has 3 aromatic rings. The second-order valence-electron chi connectivity index (χ2n) is 6.04. The number of nitrogens with two attached hydrogens (primary N) is 1. The number of para-hydroxylation sites is 2. The molecule has 0 aliphatic heterocycles. The fourth-order valence-electron chi connectivity index (χ4n) is 3.06. The van der Waals surface area contributed by atoms with Crippen molar-refractivity contribution in [2.24, 2.45) is 0 Å². The third-order valence-corrected chi connectivity index (χ3v) is 4.44. The van der Waals surface area contributed by atoms with E-state index in [0.29, 0.717) is 6.04 Å². The molecule has 0 bridgehead atoms. The summed E-state index contributed by atoms with van der Waals surface area (Å²) < 4.78 is 2.40. The molecule has 0 amide bonds. The lowest BCUT2D eigenvalue weighted by Crippen LogP contribution is -2.00. The number of fused-ring (bicyclic) bond motifs is 1. The van der Waals surface area contributed by atoms with Crippen molar-refractivity contribution in [3.8, 4) is 11.4 Å². The Morgan fingerprint density at radius 1 is 1.14 bits per heavy atom. The number of anilines is 1. The highest BCUT2D eigenvalue weighted by Crippen LogP contribution is 2.42. The predicted octanol–water partition coefficient (Wildman–Crippen LogP) is 4.24. The first-order valence-corrected chi connectivity index (χ1v) is 7.49. The lowest BCUT2D eigenvalue weighted by atomic mass is 10.0. The van der Waals surface area contributed by atoms with Crippen LogP contribution in [0.1, 0.15) is 30.0 Å². The molecule has 3 nitrogen and oxygen atoms in total. The molecule has 0 saturated heterocycles. The Kier molecular flexibility index (Phi) is 2.58. The van der Waals surface area contributed by atoms with Crippen LogP contribution in [0.2, 0.25) is 0 Å². The molecule has 106 valence electrons. The van der Waals surface area contributed by atoms with Gasteiger partial charge in [0.15, 0.2) is 0 Å². The Hall–Kier alpha value is -2.29. The predicted molar refractivity (Wildman–Crippen MR) is 87.3 cm³/mol. The summed E-state index contributed by atoms with van der Waals surface area (Å²) in [5.74, 6) is 1.06. The van der Waals surface area contributed by atoms with Crippen molar-refractivity contribution in [2.45, 2.75) is 32.7 Å². The van der Waals surface area contributed by atoms with E-state index in [1.807, 2.05) is 12.1 Å². The van der Waals surface area contributed by atoms with Gasteiger partial charge in [-0.25, -0.2) is 4.98 Å². The van der Waals surface area contributed by atoms with Gasteiger partial charge < -0.3 is 10.3 Å². The summed E-state index contributed by atoms with van der Waals surface area (Å²) in [4.78, 5) is 4.89. The van der Waals surface area contributed by atoms with Gasteiger partial charge in [-0.05, 0) is 62.1 Å². The van der Waals surface area contributed by atoms with Crippen LogP contribution in [0.4, 0.5) is 5.69 Å². The largest absolute Gasteiger partial charge is 0.399 e. The molecule has 4 rings (SSSR count). The average molecular weight is 277 g/mol. The van der Waals surface area contributed by atoms with E-state index in [9.17, 15) is 0 Å². The molecule has 1 aliphatic carbocycles. The highest BCUT2D eigenvalue weighted by Gasteiger charge is 2.29. The SMILES string of the molecule is Cc1cc(N)cc(-c2nc3ccccc3n2C2CC2)c1C. The molecule has 1 aliphatic rings. The first-order chi connectivity index (χ1) is 10.1. The fourth-order valence-corrected chi connectivity index (χ4v) is 3.06. The number of aryl methyl sites for hydroxylation is 1. The molecule has 0 spiro atoms. The van der Waals surface area contributed by atoms with Gasteiger partial charge in [-0.2, -0.15) is 0 Å². The Morgan fingerprint density at radius 2 is 1.90 bits per heavy atom. The average Bonchev–Trinajstić information content (AvgIpc) is 3.23. The molecule has 1 heterocycles. The summed E-state index contributed by atoms with van der Waals surface area (Å²) in [5, 5.41) is 0. The van der Waals surface area contributed by atoms with Crippen LogP contribution in [0.3, 0.4) is 0 Å². The number of aromatic nitrogens is 2. The first-order valence-electron chi connectivity index (χ1n) is 7.49. The van der Waals surface area contributed by atoms with E-state index in [4.69, 9.17) is 10.7 Å². The molecule has 2 aromatic carbocycles. The number of rotatable bonds is 2. The molecule has 1 fully saturated rings. The molecule has 0 unspecified atom stereocenters. The number of imidazole rings is 1. The van der Waals surface area contributed by atoms with Gasteiger partial charge in [0.1, 0.15) is 5.82 Å². The topological polar surface area (TPSA) is 43.8 Å². The van der Waals surface area contributed by atoms with Crippen LogP contribution >= 0.6 is 0 Å². The van der Waals surface area contributed by atoms with Gasteiger partial charge in [-0.15, -0.1) is 0 Å². The summed E-state index contributed by atoms with van der Waals surface area (Å²) in [6.07, 6.45) is 2.49. The van der Waals surface area contributed by atoms with Crippen molar-refractivity contribution in [3.63, 3.8) is 0 Å². The molecule has 1 aromatic heterocycles. The summed E-state index contributed by atoms with van der Waals surface area (Å²) in [6, 6.07) is 13.1. The molecule has 0 radical (unpaired) electrons. The lowest BCUT2D eigenvalue weighted by Gasteiger charge is -2.12. The van der Waals surface area contributed by atoms with Crippen molar-refractivity contribution >= 4 is 16.7 Å². The zero-order valence-electron chi connectivity index (χ0n) is 12.4. The number of nitrogens with zero attached hydrogens (tertiary/aromatic N) is 2. The van der Waals surface area contributed by atoms with E-state index in [1.54, 1.807) is 0 Å². The van der Waals surface area contributed by atoms with Gasteiger partial charge in [-0.3, -0.25) is 0 Å². The number of hydrogen-bond donors (Lipinski definition) is 1. The Labute approximate surface area is 124 Å². The Balaban J connectivity index is 2.05. The molecule has 0 atom stereocenters. The zero-order chi connectivity index (χ0) is 14.6. The van der Waals surface area contributed by atoms with Gasteiger partial charge in [0.25, 0.3) is 0 Å². The van der Waals surface area contributed by atoms with Crippen LogP contribution in [0.15, 0.2) is 36.4 Å². The van der Waals surface area contributed by atoms with Gasteiger partial charge in [0, 0.05) is 17.3 Å². The quantitative estimate of drug-likeness (QED) is 0.712. The third kappa shape index (κ3) is 1.92. The van der Waals surface area contributed by atoms with Gasteiger partial charge >= 0.3 is 0 Å². The number of benzene rings is 2. The van der Waals surface area contributed by atoms with Crippen LogP contribution in [-0.2, 0) is 0 Å². The molecular weight excluding hydrogens is 258 g/mol. The van der Waals surface area contributed by atoms with Crippen molar-refractivity contribution in [2.75, 3.05) is 5.73 Å². The van der Waals surface area contributed by atoms with E-state index in [1.165, 1.54) is 29.5 Å². The van der Waals surface area contributed by atoms with Crippen molar-refractivity contribution in [1.29, 1.82) is 0 Å². The van der Waals surface area contributed by atoms with Crippen LogP contribution in [0.25, 0.3) is 22.4 Å². The Morgan fingerprint density at radius 3 is 2.67 bits per heavy atom. The number of hydrogen-bond acceptors (Lipinski definition) is 2. The van der Waals surface area contributed by atoms with Crippen LogP contribution in [-0.4, -0.2) is 9.55 Å². The smallest absolute Gasteiger partial charge is 0.141 e. The van der Waals surface area contributed by atoms with Crippen LogP contribution in [0, 0.1) is 13.8 Å². The summed E-state index contributed by atoms with van der Waals surface area (Å²) in [7, 11) is 0. The van der Waals surface area contributed by atoms with E-state index in [-0.39, 0.29) is 0 Å². The molecule has 21 heavy (non-hydrogen) atoms. The summed E-state index contributed by atoms with van der Waals surface area (Å²) in [6.45, 7) is 4.26. The van der Waals surface area contributed by atoms with Crippen LogP contribution in [0.5, 0.6) is 0 Å². The molecule has 2 N–H and O–H groups in total. The summed E-state index contributed by atoms with van der Waals surface area (Å²) in [5.41, 5.74) is 12.8. The third-order valence-electron chi connectivity index (χ3n) is 4.44. The molecular formula is C18H19N3. The second kappa shape index (κ2) is 4.35. The number of nitrogen functional groups attached to an aromatic ring is 1. The van der Waals surface area contributed by atoms with E-state index in [0.717, 1.165) is 22.6 Å². The minimum absolute atomic E-state index is 0.591. The van der Waals surface area contributed by atoms with Crippen molar-refractivity contribution < 1.29 is 0 Å². The lowest BCUT2D eigenvalue weighted by molar-refractivity contribution is 0.774. The van der Waals surface area contributed by atoms with E-state index >= 15 is 0 Å². The minimum Gasteiger partial charge on any atom is -0.399 e. The standard InChI is InChI=1S/C18H19N3/c1-11-9-13(19)10-15(12(11)2)18-20-16-5-3-4-6-17(16)21(18)14-7-8-14/h3-6,9-10,14H,7-8,19H2,1-2H3. The highest BCUT2D eigenvalue weighted by molar-refractivity contribution is 5.82. The Bertz CT molecular complexity index is 841. The normalized spacial score (nSPS) is 14.8. The van der Waals surface area contributed by atoms with Crippen molar-refractivity contribution in [3.05, 3.63) is 47.5 Å². The maximum Gasteiger partial charge on any atom is 0.141 e. The molecule has 1 saturated carbocycles. The minimum atomic E-state index is 0.591. The van der Waals surface area contributed by atoms with Crippen LogP contribution < -0.4 is 5.73 Å². The maximum absolute atomic E-state index is 6.06. The van der Waals surface area contributed by atoms with Gasteiger partial charge in [-0.1, -0.05) is 12.1 Å². The fraction of sp³-hybridized carbons (Fsp3) is 0.278. The monoisotopic (exact) mass is 277 g/mol. The first kappa shape index (κ1) is 12.5. The zero-order valence-corrected chi connectivity index (χ0v) is 12.4. The van der Waals surface area contributed by atoms with E-state index < -0.39 is 0 Å². The molecule has 3 heteroatoms. The van der Waals surface area contributed by atoms with E-state index in [2.05, 4.69) is 42.7 Å². The summed E-state index contributed by atoms with van der Waals surface area (Å²) >= 11 is 0.